The highest BCUT2D eigenvalue weighted by Crippen LogP contribution is 2.45. The average Bonchev–Trinajstić information content (AvgIpc) is 2.63. The maximum atomic E-state index is 13.2. The zero-order valence-electron chi connectivity index (χ0n) is 14.3. The number of benzene rings is 2. The summed E-state index contributed by atoms with van der Waals surface area (Å²) in [6.07, 6.45) is 0. The van der Waals surface area contributed by atoms with E-state index in [0.29, 0.717) is 5.02 Å². The van der Waals surface area contributed by atoms with Crippen LogP contribution in [0.25, 0.3) is 0 Å². The van der Waals surface area contributed by atoms with Crippen LogP contribution in [0.5, 0.6) is 11.5 Å². The molecule has 1 N–H and O–H groups in total. The molecule has 0 aromatic heterocycles. The first-order chi connectivity index (χ1) is 12.7. The van der Waals surface area contributed by atoms with Gasteiger partial charge in [-0.1, -0.05) is 11.6 Å². The lowest BCUT2D eigenvalue weighted by Crippen LogP contribution is -2.35. The van der Waals surface area contributed by atoms with E-state index in [9.17, 15) is 19.5 Å². The fourth-order valence-electron chi connectivity index (χ4n) is 1.94. The molecule has 11 heteroatoms. The van der Waals surface area contributed by atoms with Crippen molar-refractivity contribution in [2.45, 2.75) is 13.0 Å². The van der Waals surface area contributed by atoms with Gasteiger partial charge in [0.1, 0.15) is 17.5 Å². The van der Waals surface area contributed by atoms with Gasteiger partial charge in [-0.15, -0.1) is 0 Å². The van der Waals surface area contributed by atoms with E-state index in [1.165, 1.54) is 62.6 Å². The van der Waals surface area contributed by atoms with Crippen LogP contribution in [-0.4, -0.2) is 24.0 Å². The van der Waals surface area contributed by atoms with Crippen LogP contribution >= 0.6 is 19.3 Å². The Morgan fingerprint density at radius 3 is 2.04 bits per heavy atom. The molecule has 1 unspecified atom stereocenters. The molecule has 2 rings (SSSR count). The van der Waals surface area contributed by atoms with Crippen LogP contribution in [0.4, 0.5) is 5.69 Å². The maximum Gasteiger partial charge on any atom is 0.513 e. The molecule has 0 aliphatic carbocycles. The molecule has 27 heavy (non-hydrogen) atoms. The molecule has 0 radical (unpaired) electrons. The zero-order chi connectivity index (χ0) is 20.0. The third kappa shape index (κ3) is 5.96. The molecule has 0 fully saturated rings. The van der Waals surface area contributed by atoms with Crippen LogP contribution in [0, 0.1) is 10.1 Å². The lowest BCUT2D eigenvalue weighted by molar-refractivity contribution is -0.384. The van der Waals surface area contributed by atoms with Gasteiger partial charge in [0.15, 0.2) is 0 Å². The Labute approximate surface area is 159 Å². The minimum atomic E-state index is -4.10. The molecule has 0 saturated carbocycles. The standard InChI is InChI=1S/C16H16ClN2O7P/c1-11(16(20)24-2)18-27(23,25-14-7-3-12(17)4-8-14)26-15-9-5-13(6-10-15)19(21)22/h3-11H,1-2H3,(H,18,23)/t11-,27?/m0/s1. The summed E-state index contributed by atoms with van der Waals surface area (Å²) < 4.78 is 28.6. The van der Waals surface area contributed by atoms with Crippen molar-refractivity contribution in [3.05, 3.63) is 63.7 Å². The van der Waals surface area contributed by atoms with Crippen LogP contribution in [-0.2, 0) is 14.1 Å². The van der Waals surface area contributed by atoms with E-state index in [2.05, 4.69) is 9.82 Å². The molecule has 0 aliphatic rings. The quantitative estimate of drug-likeness (QED) is 0.298. The molecular weight excluding hydrogens is 399 g/mol. The first-order valence-electron chi connectivity index (χ1n) is 7.57. The van der Waals surface area contributed by atoms with Gasteiger partial charge in [0.2, 0.25) is 0 Å². The summed E-state index contributed by atoms with van der Waals surface area (Å²) in [4.78, 5) is 21.8. The highest BCUT2D eigenvalue weighted by Gasteiger charge is 2.33. The van der Waals surface area contributed by atoms with Crippen molar-refractivity contribution < 1.29 is 28.1 Å². The normalized spacial score (nSPS) is 13.9. The van der Waals surface area contributed by atoms with Crippen LogP contribution in [0.1, 0.15) is 6.92 Å². The highest BCUT2D eigenvalue weighted by atomic mass is 35.5. The van der Waals surface area contributed by atoms with E-state index in [1.54, 1.807) is 0 Å². The lowest BCUT2D eigenvalue weighted by Gasteiger charge is -2.22. The molecule has 2 atom stereocenters. The first kappa shape index (κ1) is 20.7. The minimum Gasteiger partial charge on any atom is -0.468 e. The van der Waals surface area contributed by atoms with Gasteiger partial charge in [0.05, 0.1) is 12.0 Å². The smallest absolute Gasteiger partial charge is 0.468 e. The molecule has 0 spiro atoms. The van der Waals surface area contributed by atoms with Crippen LogP contribution in [0.15, 0.2) is 48.5 Å². The molecule has 144 valence electrons. The van der Waals surface area contributed by atoms with Gasteiger partial charge >= 0.3 is 13.7 Å². The summed E-state index contributed by atoms with van der Waals surface area (Å²) in [6, 6.07) is 9.88. The van der Waals surface area contributed by atoms with Crippen LogP contribution < -0.4 is 14.1 Å². The zero-order valence-corrected chi connectivity index (χ0v) is 16.0. The Kier molecular flexibility index (Phi) is 6.79. The van der Waals surface area contributed by atoms with E-state index in [4.69, 9.17) is 20.6 Å². The molecule has 0 aliphatic heterocycles. The van der Waals surface area contributed by atoms with Gasteiger partial charge in [0.25, 0.3) is 5.69 Å². The molecular formula is C16H16ClN2O7P. The minimum absolute atomic E-state index is 0.0439. The second kappa shape index (κ2) is 8.85. The largest absolute Gasteiger partial charge is 0.513 e. The summed E-state index contributed by atoms with van der Waals surface area (Å²) in [5.74, 6) is -0.459. The summed E-state index contributed by atoms with van der Waals surface area (Å²) in [6.45, 7) is 1.42. The number of nitrogens with zero attached hydrogens (tertiary/aromatic N) is 1. The number of hydrogen-bond acceptors (Lipinski definition) is 7. The van der Waals surface area contributed by atoms with Gasteiger partial charge in [-0.25, -0.2) is 4.57 Å². The fraction of sp³-hybridized carbons (Fsp3) is 0.188. The fourth-order valence-corrected chi connectivity index (χ4v) is 3.59. The molecule has 0 saturated heterocycles. The second-order valence-electron chi connectivity index (χ2n) is 5.26. The number of esters is 1. The van der Waals surface area contributed by atoms with Gasteiger partial charge in [-0.2, -0.15) is 5.09 Å². The summed E-state index contributed by atoms with van der Waals surface area (Å²) in [7, 11) is -2.92. The van der Waals surface area contributed by atoms with E-state index in [-0.39, 0.29) is 17.2 Å². The number of carbonyl (C=O) groups excluding carboxylic acids is 1. The Hall–Kier alpha value is -2.61. The van der Waals surface area contributed by atoms with Gasteiger partial charge in [-0.3, -0.25) is 14.9 Å². The Morgan fingerprint density at radius 1 is 1.11 bits per heavy atom. The Bertz CT molecular complexity index is 858. The van der Waals surface area contributed by atoms with E-state index in [0.717, 1.165) is 0 Å². The monoisotopic (exact) mass is 414 g/mol. The summed E-state index contributed by atoms with van der Waals surface area (Å²) in [5, 5.41) is 13.6. The molecule has 9 nitrogen and oxygen atoms in total. The van der Waals surface area contributed by atoms with Crippen molar-refractivity contribution >= 4 is 31.0 Å². The Balaban J connectivity index is 2.27. The van der Waals surface area contributed by atoms with Crippen molar-refractivity contribution in [2.24, 2.45) is 0 Å². The molecule has 0 amide bonds. The number of nitro groups is 1. The molecule has 2 aromatic carbocycles. The molecule has 2 aromatic rings. The SMILES string of the molecule is COC(=O)[C@H](C)NP(=O)(Oc1ccc(Cl)cc1)Oc1ccc([N+](=O)[O-])cc1. The number of ether oxygens (including phenoxy) is 1. The van der Waals surface area contributed by atoms with Crippen molar-refractivity contribution in [2.75, 3.05) is 7.11 Å². The number of rotatable bonds is 8. The van der Waals surface area contributed by atoms with E-state index >= 15 is 0 Å². The van der Waals surface area contributed by atoms with Gasteiger partial charge in [-0.05, 0) is 43.3 Å². The predicted molar refractivity (Wildman–Crippen MR) is 98.0 cm³/mol. The van der Waals surface area contributed by atoms with E-state index in [1.807, 2.05) is 0 Å². The average molecular weight is 415 g/mol. The van der Waals surface area contributed by atoms with Crippen molar-refractivity contribution in [3.8, 4) is 11.5 Å². The number of non-ortho nitro benzene ring substituents is 1. The topological polar surface area (TPSA) is 117 Å². The predicted octanol–water partition coefficient (Wildman–Crippen LogP) is 3.97. The van der Waals surface area contributed by atoms with Crippen molar-refractivity contribution in [1.82, 2.24) is 5.09 Å². The third-order valence-electron chi connectivity index (χ3n) is 3.22. The first-order valence-corrected chi connectivity index (χ1v) is 9.49. The number of halogens is 1. The maximum absolute atomic E-state index is 13.2. The number of hydrogen-bond donors (Lipinski definition) is 1. The number of nitro benzene ring substituents is 1. The van der Waals surface area contributed by atoms with Crippen LogP contribution in [0.3, 0.4) is 0 Å². The lowest BCUT2D eigenvalue weighted by atomic mass is 10.3. The number of methoxy groups -OCH3 is 1. The van der Waals surface area contributed by atoms with Gasteiger partial charge in [0, 0.05) is 17.2 Å². The summed E-state index contributed by atoms with van der Waals surface area (Å²) >= 11 is 5.81. The Morgan fingerprint density at radius 2 is 1.59 bits per heavy atom. The number of nitrogens with one attached hydrogen (secondary N) is 1. The summed E-state index contributed by atoms with van der Waals surface area (Å²) in [5.41, 5.74) is -0.160. The third-order valence-corrected chi connectivity index (χ3v) is 5.08. The van der Waals surface area contributed by atoms with Gasteiger partial charge < -0.3 is 13.8 Å². The van der Waals surface area contributed by atoms with Crippen molar-refractivity contribution in [1.29, 1.82) is 0 Å². The molecule has 0 bridgehead atoms. The highest BCUT2D eigenvalue weighted by molar-refractivity contribution is 7.52. The number of carbonyl (C=O) groups is 1. The van der Waals surface area contributed by atoms with Crippen molar-refractivity contribution in [3.63, 3.8) is 0 Å². The molecule has 0 heterocycles. The van der Waals surface area contributed by atoms with E-state index < -0.39 is 24.7 Å². The second-order valence-corrected chi connectivity index (χ2v) is 7.31. The van der Waals surface area contributed by atoms with Crippen LogP contribution in [0.2, 0.25) is 5.02 Å².